The molecule has 2 aromatic carbocycles. The molecule has 0 atom stereocenters. The van der Waals surface area contributed by atoms with Gasteiger partial charge in [0.2, 0.25) is 0 Å². The molecule has 0 spiro atoms. The van der Waals surface area contributed by atoms with Gasteiger partial charge in [0.25, 0.3) is 5.56 Å². The highest BCUT2D eigenvalue weighted by atomic mass is 79.9. The SMILES string of the molecule is Cc1cccc2c(=O)[nH]c(/C(Cl)=C/c3cc(Br)ccc3F)nc12. The Kier molecular flexibility index (Phi) is 4.33. The fourth-order valence-corrected chi connectivity index (χ4v) is 2.83. The van der Waals surface area contributed by atoms with Crippen LogP contribution >= 0.6 is 27.5 Å². The summed E-state index contributed by atoms with van der Waals surface area (Å²) >= 11 is 9.52. The highest BCUT2D eigenvalue weighted by molar-refractivity contribution is 9.10. The Morgan fingerprint density at radius 3 is 2.91 bits per heavy atom. The van der Waals surface area contributed by atoms with E-state index in [1.54, 1.807) is 24.3 Å². The molecular weight excluding hydrogens is 383 g/mol. The fourth-order valence-electron chi connectivity index (χ4n) is 2.25. The topological polar surface area (TPSA) is 45.8 Å². The van der Waals surface area contributed by atoms with Crippen LogP contribution in [0.1, 0.15) is 17.0 Å². The summed E-state index contributed by atoms with van der Waals surface area (Å²) in [5, 5.41) is 0.649. The third-order valence-electron chi connectivity index (χ3n) is 3.40. The van der Waals surface area contributed by atoms with Crippen molar-refractivity contribution in [2.45, 2.75) is 6.92 Å². The zero-order chi connectivity index (χ0) is 16.6. The lowest BCUT2D eigenvalue weighted by molar-refractivity contribution is 0.625. The van der Waals surface area contributed by atoms with E-state index in [1.807, 2.05) is 13.0 Å². The number of hydrogen-bond acceptors (Lipinski definition) is 2. The van der Waals surface area contributed by atoms with E-state index < -0.39 is 5.82 Å². The number of benzene rings is 2. The maximum absolute atomic E-state index is 13.8. The van der Waals surface area contributed by atoms with Crippen LogP contribution in [-0.2, 0) is 0 Å². The first kappa shape index (κ1) is 15.9. The second-order valence-corrected chi connectivity index (χ2v) is 6.37. The maximum Gasteiger partial charge on any atom is 0.259 e. The van der Waals surface area contributed by atoms with Gasteiger partial charge in [0, 0.05) is 10.0 Å². The molecule has 23 heavy (non-hydrogen) atoms. The van der Waals surface area contributed by atoms with Crippen LogP contribution < -0.4 is 5.56 Å². The molecule has 0 aliphatic carbocycles. The maximum atomic E-state index is 13.8. The third-order valence-corrected chi connectivity index (χ3v) is 4.19. The number of nitrogens with zero attached hydrogens (tertiary/aromatic N) is 1. The van der Waals surface area contributed by atoms with Gasteiger partial charge in [0.1, 0.15) is 5.82 Å². The van der Waals surface area contributed by atoms with Gasteiger partial charge in [-0.1, -0.05) is 39.7 Å². The Morgan fingerprint density at radius 2 is 2.13 bits per heavy atom. The second kappa shape index (κ2) is 6.26. The average Bonchev–Trinajstić information content (AvgIpc) is 2.51. The summed E-state index contributed by atoms with van der Waals surface area (Å²) < 4.78 is 14.6. The molecule has 1 N–H and O–H groups in total. The molecule has 3 rings (SSSR count). The first-order valence-electron chi connectivity index (χ1n) is 6.78. The lowest BCUT2D eigenvalue weighted by atomic mass is 10.1. The molecule has 6 heteroatoms. The Labute approximate surface area is 145 Å². The zero-order valence-electron chi connectivity index (χ0n) is 12.0. The number of aromatic nitrogens is 2. The van der Waals surface area contributed by atoms with Crippen LogP contribution in [0.2, 0.25) is 0 Å². The number of nitrogens with one attached hydrogen (secondary N) is 1. The van der Waals surface area contributed by atoms with Crippen molar-refractivity contribution in [1.29, 1.82) is 0 Å². The number of rotatable bonds is 2. The number of para-hydroxylation sites is 1. The van der Waals surface area contributed by atoms with E-state index >= 15 is 0 Å². The van der Waals surface area contributed by atoms with Crippen LogP contribution in [0, 0.1) is 12.7 Å². The van der Waals surface area contributed by atoms with Gasteiger partial charge in [-0.3, -0.25) is 4.79 Å². The number of hydrogen-bond donors (Lipinski definition) is 1. The number of aromatic amines is 1. The number of fused-ring (bicyclic) bond motifs is 1. The van der Waals surface area contributed by atoms with E-state index in [1.165, 1.54) is 12.1 Å². The lowest BCUT2D eigenvalue weighted by Gasteiger charge is -2.05. The summed E-state index contributed by atoms with van der Waals surface area (Å²) in [6.07, 6.45) is 1.43. The molecule has 0 unspecified atom stereocenters. The van der Waals surface area contributed by atoms with Gasteiger partial charge in [-0.2, -0.15) is 0 Å². The largest absolute Gasteiger partial charge is 0.305 e. The molecular formula is C17H11BrClFN2O. The van der Waals surface area contributed by atoms with Crippen LogP contribution in [0.4, 0.5) is 4.39 Å². The Morgan fingerprint density at radius 1 is 1.35 bits per heavy atom. The predicted octanol–water partition coefficient (Wildman–Crippen LogP) is 4.87. The molecule has 3 aromatic rings. The summed E-state index contributed by atoms with van der Waals surface area (Å²) in [5.41, 5.74) is 1.47. The molecule has 1 heterocycles. The number of aryl methyl sites for hydroxylation is 1. The number of halogens is 3. The minimum Gasteiger partial charge on any atom is -0.305 e. The predicted molar refractivity (Wildman–Crippen MR) is 94.9 cm³/mol. The van der Waals surface area contributed by atoms with Gasteiger partial charge in [0.15, 0.2) is 5.82 Å². The molecule has 116 valence electrons. The van der Waals surface area contributed by atoms with Crippen molar-refractivity contribution in [3.8, 4) is 0 Å². The van der Waals surface area contributed by atoms with Crippen molar-refractivity contribution in [2.75, 3.05) is 0 Å². The smallest absolute Gasteiger partial charge is 0.259 e. The highest BCUT2D eigenvalue weighted by Gasteiger charge is 2.09. The third kappa shape index (κ3) is 3.21. The summed E-state index contributed by atoms with van der Waals surface area (Å²) in [6.45, 7) is 1.87. The van der Waals surface area contributed by atoms with Crippen molar-refractivity contribution in [2.24, 2.45) is 0 Å². The fraction of sp³-hybridized carbons (Fsp3) is 0.0588. The molecule has 3 nitrogen and oxygen atoms in total. The summed E-state index contributed by atoms with van der Waals surface area (Å²) in [4.78, 5) is 19.2. The molecule has 0 fully saturated rings. The molecule has 0 radical (unpaired) electrons. The average molecular weight is 394 g/mol. The molecule has 0 saturated heterocycles. The standard InChI is InChI=1S/C17H11BrClFN2O/c1-9-3-2-4-12-15(9)21-16(22-17(12)23)13(19)8-10-7-11(18)5-6-14(10)20/h2-8H,1H3,(H,21,22,23)/b13-8-. The van der Waals surface area contributed by atoms with Crippen molar-refractivity contribution < 1.29 is 4.39 Å². The van der Waals surface area contributed by atoms with Gasteiger partial charge in [-0.05, 0) is 42.8 Å². The van der Waals surface area contributed by atoms with Gasteiger partial charge in [-0.25, -0.2) is 9.37 Å². The normalized spacial score (nSPS) is 11.9. The minimum atomic E-state index is -0.411. The molecule has 0 amide bonds. The van der Waals surface area contributed by atoms with E-state index in [9.17, 15) is 9.18 Å². The molecule has 0 bridgehead atoms. The minimum absolute atomic E-state index is 0.157. The van der Waals surface area contributed by atoms with Gasteiger partial charge in [-0.15, -0.1) is 0 Å². The van der Waals surface area contributed by atoms with Crippen molar-refractivity contribution in [1.82, 2.24) is 9.97 Å². The summed E-state index contributed by atoms with van der Waals surface area (Å²) in [6, 6.07) is 9.89. The van der Waals surface area contributed by atoms with Crippen LogP contribution in [0.15, 0.2) is 45.7 Å². The molecule has 0 saturated carbocycles. The lowest BCUT2D eigenvalue weighted by Crippen LogP contribution is -2.11. The van der Waals surface area contributed by atoms with E-state index in [-0.39, 0.29) is 16.4 Å². The van der Waals surface area contributed by atoms with Gasteiger partial charge in [0.05, 0.1) is 15.9 Å². The number of H-pyrrole nitrogens is 1. The Bertz CT molecular complexity index is 998. The summed E-state index contributed by atoms with van der Waals surface area (Å²) in [5.74, 6) is -0.205. The van der Waals surface area contributed by atoms with E-state index in [0.29, 0.717) is 16.5 Å². The highest BCUT2D eigenvalue weighted by Crippen LogP contribution is 2.24. The van der Waals surface area contributed by atoms with Crippen LogP contribution in [0.5, 0.6) is 0 Å². The summed E-state index contributed by atoms with van der Waals surface area (Å²) in [7, 11) is 0. The van der Waals surface area contributed by atoms with Crippen molar-refractivity contribution >= 4 is 49.5 Å². The molecule has 1 aromatic heterocycles. The molecule has 0 aliphatic heterocycles. The van der Waals surface area contributed by atoms with Crippen molar-refractivity contribution in [3.63, 3.8) is 0 Å². The van der Waals surface area contributed by atoms with E-state index in [4.69, 9.17) is 11.6 Å². The monoisotopic (exact) mass is 392 g/mol. The first-order chi connectivity index (χ1) is 11.0. The second-order valence-electron chi connectivity index (χ2n) is 5.04. The zero-order valence-corrected chi connectivity index (χ0v) is 14.4. The van der Waals surface area contributed by atoms with Crippen LogP contribution in [0.3, 0.4) is 0 Å². The first-order valence-corrected chi connectivity index (χ1v) is 7.95. The molecule has 0 aliphatic rings. The Hall–Kier alpha value is -1.98. The van der Waals surface area contributed by atoms with E-state index in [2.05, 4.69) is 25.9 Å². The Balaban J connectivity index is 2.16. The van der Waals surface area contributed by atoms with Gasteiger partial charge < -0.3 is 4.98 Å². The quantitative estimate of drug-likeness (QED) is 0.675. The van der Waals surface area contributed by atoms with Gasteiger partial charge >= 0.3 is 0 Å². The van der Waals surface area contributed by atoms with Crippen molar-refractivity contribution in [3.05, 3.63) is 74.0 Å². The van der Waals surface area contributed by atoms with Crippen LogP contribution in [-0.4, -0.2) is 9.97 Å². The van der Waals surface area contributed by atoms with E-state index in [0.717, 1.165) is 10.0 Å². The van der Waals surface area contributed by atoms with Crippen LogP contribution in [0.25, 0.3) is 22.0 Å².